The summed E-state index contributed by atoms with van der Waals surface area (Å²) in [6.07, 6.45) is 1.59. The van der Waals surface area contributed by atoms with Gasteiger partial charge in [-0.15, -0.1) is 10.2 Å². The van der Waals surface area contributed by atoms with Crippen molar-refractivity contribution in [2.24, 2.45) is 5.92 Å². The maximum atomic E-state index is 12.0. The molecule has 8 heteroatoms. The number of amides is 2. The van der Waals surface area contributed by atoms with E-state index in [1.54, 1.807) is 0 Å². The normalized spacial score (nSPS) is 10.6. The molecule has 24 heavy (non-hydrogen) atoms. The van der Waals surface area contributed by atoms with Crippen molar-refractivity contribution in [2.75, 3.05) is 16.4 Å². The van der Waals surface area contributed by atoms with Gasteiger partial charge in [0, 0.05) is 11.6 Å². The fraction of sp³-hybridized carbons (Fsp3) is 0.375. The minimum absolute atomic E-state index is 0.0124. The summed E-state index contributed by atoms with van der Waals surface area (Å²) in [6.45, 7) is 3.97. The summed E-state index contributed by atoms with van der Waals surface area (Å²) >= 11 is 2.57. The molecule has 2 aromatic rings. The molecule has 0 aliphatic carbocycles. The van der Waals surface area contributed by atoms with E-state index >= 15 is 0 Å². The molecule has 128 valence electrons. The van der Waals surface area contributed by atoms with Crippen LogP contribution in [-0.2, 0) is 9.59 Å². The number of rotatable bonds is 8. The largest absolute Gasteiger partial charge is 0.325 e. The van der Waals surface area contributed by atoms with E-state index in [2.05, 4.69) is 20.8 Å². The lowest BCUT2D eigenvalue weighted by Gasteiger charge is -2.09. The highest BCUT2D eigenvalue weighted by molar-refractivity contribution is 8.01. The van der Waals surface area contributed by atoms with E-state index in [0.29, 0.717) is 9.47 Å². The van der Waals surface area contributed by atoms with Crippen LogP contribution < -0.4 is 10.6 Å². The first-order chi connectivity index (χ1) is 11.6. The number of hydrogen-bond donors (Lipinski definition) is 2. The van der Waals surface area contributed by atoms with Gasteiger partial charge < -0.3 is 10.6 Å². The number of nitrogens with one attached hydrogen (secondary N) is 2. The highest BCUT2D eigenvalue weighted by Gasteiger charge is 2.16. The molecule has 1 aromatic carbocycles. The Hall–Kier alpha value is -1.93. The van der Waals surface area contributed by atoms with Gasteiger partial charge in [-0.25, -0.2) is 0 Å². The number of hydrogen-bond acceptors (Lipinski definition) is 6. The number of carbonyl (C=O) groups excluding carboxylic acids is 2. The lowest BCUT2D eigenvalue weighted by Crippen LogP contribution is -2.21. The Bertz CT molecular complexity index is 672. The van der Waals surface area contributed by atoms with Gasteiger partial charge in [-0.3, -0.25) is 9.59 Å². The number of benzene rings is 1. The Balaban J connectivity index is 1.81. The number of para-hydroxylation sites is 1. The molecule has 1 aromatic heterocycles. The average Bonchev–Trinajstić information content (AvgIpc) is 3.02. The van der Waals surface area contributed by atoms with Crippen molar-refractivity contribution in [2.45, 2.75) is 31.0 Å². The van der Waals surface area contributed by atoms with Crippen molar-refractivity contribution in [3.8, 4) is 0 Å². The third kappa shape index (κ3) is 5.61. The molecule has 2 rings (SSSR count). The van der Waals surface area contributed by atoms with Gasteiger partial charge in [0.05, 0.1) is 5.75 Å². The summed E-state index contributed by atoms with van der Waals surface area (Å²) in [5, 5.41) is 14.0. The standard InChI is InChI=1S/C16H20N4O2S2/c1-3-11(4-2)14(22)18-15-19-20-16(24-15)23-10-13(21)17-12-8-6-5-7-9-12/h5-9,11H,3-4,10H2,1-2H3,(H,17,21)(H,18,19,22). The third-order valence-corrected chi connectivity index (χ3v) is 5.35. The van der Waals surface area contributed by atoms with Crippen molar-refractivity contribution < 1.29 is 9.59 Å². The van der Waals surface area contributed by atoms with E-state index in [0.717, 1.165) is 18.5 Å². The molecule has 0 saturated carbocycles. The molecule has 0 saturated heterocycles. The Morgan fingerprint density at radius 1 is 1.12 bits per heavy atom. The minimum Gasteiger partial charge on any atom is -0.325 e. The fourth-order valence-electron chi connectivity index (χ4n) is 2.03. The van der Waals surface area contributed by atoms with Crippen LogP contribution in [0, 0.1) is 5.92 Å². The molecule has 0 atom stereocenters. The predicted octanol–water partition coefficient (Wildman–Crippen LogP) is 3.64. The van der Waals surface area contributed by atoms with E-state index in [9.17, 15) is 9.59 Å². The van der Waals surface area contributed by atoms with Crippen molar-refractivity contribution in [3.63, 3.8) is 0 Å². The van der Waals surface area contributed by atoms with Crippen LogP contribution in [0.15, 0.2) is 34.7 Å². The zero-order chi connectivity index (χ0) is 17.4. The van der Waals surface area contributed by atoms with Crippen molar-refractivity contribution in [1.29, 1.82) is 0 Å². The first kappa shape index (κ1) is 18.4. The predicted molar refractivity (Wildman–Crippen MR) is 98.4 cm³/mol. The number of carbonyl (C=O) groups is 2. The van der Waals surface area contributed by atoms with Crippen molar-refractivity contribution in [3.05, 3.63) is 30.3 Å². The lowest BCUT2D eigenvalue weighted by molar-refractivity contribution is -0.120. The quantitative estimate of drug-likeness (QED) is 0.552. The molecule has 2 amide bonds. The molecule has 0 aliphatic heterocycles. The molecular formula is C16H20N4O2S2. The second-order valence-corrected chi connectivity index (χ2v) is 7.28. The lowest BCUT2D eigenvalue weighted by atomic mass is 10.0. The Labute approximate surface area is 149 Å². The average molecular weight is 364 g/mol. The third-order valence-electron chi connectivity index (χ3n) is 3.38. The minimum atomic E-state index is -0.107. The summed E-state index contributed by atoms with van der Waals surface area (Å²) in [5.41, 5.74) is 0.762. The summed E-state index contributed by atoms with van der Waals surface area (Å²) in [5.74, 6) is 0.0875. The summed E-state index contributed by atoms with van der Waals surface area (Å²) in [6, 6.07) is 9.28. The number of thioether (sulfide) groups is 1. The fourth-order valence-corrected chi connectivity index (χ4v) is 3.59. The number of anilines is 2. The van der Waals surface area contributed by atoms with E-state index in [1.807, 2.05) is 44.2 Å². The van der Waals surface area contributed by atoms with Crippen LogP contribution in [0.5, 0.6) is 0 Å². The number of nitrogens with zero attached hydrogens (tertiary/aromatic N) is 2. The molecule has 0 bridgehead atoms. The molecule has 0 aliphatic rings. The van der Waals surface area contributed by atoms with Crippen LogP contribution in [0.1, 0.15) is 26.7 Å². The molecule has 0 fully saturated rings. The molecule has 0 radical (unpaired) electrons. The topological polar surface area (TPSA) is 84.0 Å². The summed E-state index contributed by atoms with van der Waals surface area (Å²) < 4.78 is 0.651. The van der Waals surface area contributed by atoms with Crippen molar-refractivity contribution in [1.82, 2.24) is 10.2 Å². The van der Waals surface area contributed by atoms with Gasteiger partial charge in [-0.05, 0) is 25.0 Å². The molecule has 0 spiro atoms. The van der Waals surface area contributed by atoms with Crippen LogP contribution in [-0.4, -0.2) is 27.8 Å². The highest BCUT2D eigenvalue weighted by atomic mass is 32.2. The second-order valence-electron chi connectivity index (χ2n) is 5.08. The first-order valence-electron chi connectivity index (χ1n) is 7.74. The monoisotopic (exact) mass is 364 g/mol. The molecular weight excluding hydrogens is 344 g/mol. The van der Waals surface area contributed by atoms with Gasteiger partial charge in [0.2, 0.25) is 16.9 Å². The zero-order valence-electron chi connectivity index (χ0n) is 13.6. The molecule has 2 N–H and O–H groups in total. The molecule has 1 heterocycles. The van der Waals surface area contributed by atoms with Crippen LogP contribution >= 0.6 is 23.1 Å². The van der Waals surface area contributed by atoms with E-state index in [4.69, 9.17) is 0 Å². The molecule has 0 unspecified atom stereocenters. The zero-order valence-corrected chi connectivity index (χ0v) is 15.2. The van der Waals surface area contributed by atoms with Crippen molar-refractivity contribution >= 4 is 45.7 Å². The maximum absolute atomic E-state index is 12.0. The number of aromatic nitrogens is 2. The van der Waals surface area contributed by atoms with E-state index in [1.165, 1.54) is 23.1 Å². The van der Waals surface area contributed by atoms with Gasteiger partial charge in [0.1, 0.15) is 0 Å². The Morgan fingerprint density at radius 2 is 1.83 bits per heavy atom. The first-order valence-corrected chi connectivity index (χ1v) is 9.54. The highest BCUT2D eigenvalue weighted by Crippen LogP contribution is 2.26. The van der Waals surface area contributed by atoms with Crippen LogP contribution in [0.4, 0.5) is 10.8 Å². The van der Waals surface area contributed by atoms with Gasteiger partial charge >= 0.3 is 0 Å². The van der Waals surface area contributed by atoms with E-state index in [-0.39, 0.29) is 23.5 Å². The van der Waals surface area contributed by atoms with Crippen LogP contribution in [0.25, 0.3) is 0 Å². The summed E-state index contributed by atoms with van der Waals surface area (Å²) in [4.78, 5) is 23.9. The Kier molecular flexibility index (Phi) is 7.20. The van der Waals surface area contributed by atoms with E-state index < -0.39 is 0 Å². The molecule has 6 nitrogen and oxygen atoms in total. The maximum Gasteiger partial charge on any atom is 0.234 e. The SMILES string of the molecule is CCC(CC)C(=O)Nc1nnc(SCC(=O)Nc2ccccc2)s1. The van der Waals surface area contributed by atoms with Gasteiger partial charge in [0.25, 0.3) is 0 Å². The van der Waals surface area contributed by atoms with Gasteiger partial charge in [-0.2, -0.15) is 0 Å². The van der Waals surface area contributed by atoms with Crippen LogP contribution in [0.3, 0.4) is 0 Å². The Morgan fingerprint density at radius 3 is 2.50 bits per heavy atom. The van der Waals surface area contributed by atoms with Gasteiger partial charge in [0.15, 0.2) is 4.34 Å². The summed E-state index contributed by atoms with van der Waals surface area (Å²) in [7, 11) is 0. The van der Waals surface area contributed by atoms with Gasteiger partial charge in [-0.1, -0.05) is 55.1 Å². The smallest absolute Gasteiger partial charge is 0.234 e. The van der Waals surface area contributed by atoms with Crippen LogP contribution in [0.2, 0.25) is 0 Å². The second kappa shape index (κ2) is 9.39.